The molecule has 1 N–H and O–H groups in total. The summed E-state index contributed by atoms with van der Waals surface area (Å²) in [5.74, 6) is 1.29. The largest absolute Gasteiger partial charge is 0.436 e. The standard InChI is InChI=1S/C25H27N3O2/c1-16(2)21-12-18(14-26)13-22-23(21)30-25(28-22)20-10-8-19(9-11-20)24(29)27-15-17-6-4-3-5-7-17/h8-13,16-17H,3-7,15H2,1-2H3,(H,27,29). The van der Waals surface area contributed by atoms with E-state index in [0.717, 1.165) is 17.7 Å². The van der Waals surface area contributed by atoms with Gasteiger partial charge in [0.05, 0.1) is 11.6 Å². The van der Waals surface area contributed by atoms with Crippen molar-refractivity contribution in [2.24, 2.45) is 5.92 Å². The Kier molecular flexibility index (Phi) is 5.85. The van der Waals surface area contributed by atoms with Crippen LogP contribution < -0.4 is 5.32 Å². The van der Waals surface area contributed by atoms with E-state index in [9.17, 15) is 10.1 Å². The lowest BCUT2D eigenvalue weighted by Crippen LogP contribution is -2.30. The van der Waals surface area contributed by atoms with Gasteiger partial charge in [0.15, 0.2) is 5.58 Å². The second-order valence-corrected chi connectivity index (χ2v) is 8.49. The normalized spacial score (nSPS) is 14.7. The molecule has 30 heavy (non-hydrogen) atoms. The number of nitrogens with zero attached hydrogens (tertiary/aromatic N) is 2. The molecule has 1 saturated carbocycles. The first-order chi connectivity index (χ1) is 14.5. The summed E-state index contributed by atoms with van der Waals surface area (Å²) in [6, 6.07) is 13.1. The van der Waals surface area contributed by atoms with Crippen molar-refractivity contribution in [2.45, 2.75) is 51.9 Å². The highest BCUT2D eigenvalue weighted by Crippen LogP contribution is 2.31. The number of fused-ring (bicyclic) bond motifs is 1. The van der Waals surface area contributed by atoms with Gasteiger partial charge in [0.2, 0.25) is 5.89 Å². The molecule has 5 heteroatoms. The van der Waals surface area contributed by atoms with Gasteiger partial charge in [-0.15, -0.1) is 0 Å². The molecule has 1 fully saturated rings. The van der Waals surface area contributed by atoms with Gasteiger partial charge >= 0.3 is 0 Å². The number of nitrogens with one attached hydrogen (secondary N) is 1. The highest BCUT2D eigenvalue weighted by atomic mass is 16.3. The Balaban J connectivity index is 1.52. The minimum Gasteiger partial charge on any atom is -0.436 e. The van der Waals surface area contributed by atoms with Crippen LogP contribution >= 0.6 is 0 Å². The maximum absolute atomic E-state index is 12.5. The summed E-state index contributed by atoms with van der Waals surface area (Å²) in [5.41, 5.74) is 4.40. The van der Waals surface area contributed by atoms with Crippen LogP contribution in [0.3, 0.4) is 0 Å². The van der Waals surface area contributed by atoms with Gasteiger partial charge in [-0.3, -0.25) is 4.79 Å². The number of carbonyl (C=O) groups is 1. The predicted molar refractivity (Wildman–Crippen MR) is 117 cm³/mol. The van der Waals surface area contributed by atoms with E-state index in [4.69, 9.17) is 4.42 Å². The van der Waals surface area contributed by atoms with Crippen molar-refractivity contribution in [3.05, 3.63) is 53.1 Å². The number of hydrogen-bond acceptors (Lipinski definition) is 4. The Bertz CT molecular complexity index is 1080. The van der Waals surface area contributed by atoms with Crippen molar-refractivity contribution in [3.63, 3.8) is 0 Å². The molecule has 1 aliphatic carbocycles. The lowest BCUT2D eigenvalue weighted by Gasteiger charge is -2.21. The average Bonchev–Trinajstić information content (AvgIpc) is 3.21. The smallest absolute Gasteiger partial charge is 0.251 e. The molecule has 2 aromatic carbocycles. The number of oxazole rings is 1. The summed E-state index contributed by atoms with van der Waals surface area (Å²) in [5, 5.41) is 12.4. The molecule has 154 valence electrons. The van der Waals surface area contributed by atoms with Gasteiger partial charge < -0.3 is 9.73 Å². The molecule has 4 rings (SSSR count). The molecule has 5 nitrogen and oxygen atoms in total. The van der Waals surface area contributed by atoms with Crippen LogP contribution in [0.25, 0.3) is 22.6 Å². The first-order valence-electron chi connectivity index (χ1n) is 10.8. The number of carbonyl (C=O) groups excluding carboxylic acids is 1. The molecule has 1 amide bonds. The molecule has 0 unspecified atom stereocenters. The highest BCUT2D eigenvalue weighted by molar-refractivity contribution is 5.94. The molecule has 1 heterocycles. The zero-order valence-electron chi connectivity index (χ0n) is 17.6. The Morgan fingerprint density at radius 1 is 1.20 bits per heavy atom. The van der Waals surface area contributed by atoms with Gasteiger partial charge in [-0.2, -0.15) is 5.26 Å². The van der Waals surface area contributed by atoms with Crippen molar-refractivity contribution >= 4 is 17.0 Å². The van der Waals surface area contributed by atoms with Crippen LogP contribution in [-0.4, -0.2) is 17.4 Å². The second kappa shape index (κ2) is 8.71. The van der Waals surface area contributed by atoms with Gasteiger partial charge in [0.25, 0.3) is 5.91 Å². The van der Waals surface area contributed by atoms with Crippen molar-refractivity contribution in [2.75, 3.05) is 6.54 Å². The molecular weight excluding hydrogens is 374 g/mol. The third-order valence-electron chi connectivity index (χ3n) is 5.94. The van der Waals surface area contributed by atoms with Crippen molar-refractivity contribution in [1.82, 2.24) is 10.3 Å². The summed E-state index contributed by atoms with van der Waals surface area (Å²) in [7, 11) is 0. The zero-order valence-corrected chi connectivity index (χ0v) is 17.6. The molecule has 1 aromatic heterocycles. The van der Waals surface area contributed by atoms with Crippen molar-refractivity contribution in [3.8, 4) is 17.5 Å². The summed E-state index contributed by atoms with van der Waals surface area (Å²) in [6.07, 6.45) is 6.28. The molecule has 0 aliphatic heterocycles. The lowest BCUT2D eigenvalue weighted by atomic mass is 9.89. The number of amides is 1. The lowest BCUT2D eigenvalue weighted by molar-refractivity contribution is 0.0943. The van der Waals surface area contributed by atoms with Crippen LogP contribution in [0, 0.1) is 17.2 Å². The van der Waals surface area contributed by atoms with E-state index in [1.54, 1.807) is 6.07 Å². The minimum atomic E-state index is -0.0366. The molecular formula is C25H27N3O2. The van der Waals surface area contributed by atoms with E-state index in [1.807, 2.05) is 30.3 Å². The quantitative estimate of drug-likeness (QED) is 0.586. The molecule has 0 saturated heterocycles. The van der Waals surface area contributed by atoms with E-state index in [-0.39, 0.29) is 11.8 Å². The van der Waals surface area contributed by atoms with E-state index in [2.05, 4.69) is 30.2 Å². The van der Waals surface area contributed by atoms with E-state index < -0.39 is 0 Å². The van der Waals surface area contributed by atoms with E-state index in [0.29, 0.717) is 34.0 Å². The van der Waals surface area contributed by atoms with Crippen LogP contribution in [-0.2, 0) is 0 Å². The van der Waals surface area contributed by atoms with E-state index in [1.165, 1.54) is 32.1 Å². The third-order valence-corrected chi connectivity index (χ3v) is 5.94. The minimum absolute atomic E-state index is 0.0366. The van der Waals surface area contributed by atoms with E-state index >= 15 is 0 Å². The van der Waals surface area contributed by atoms with Gasteiger partial charge in [0, 0.05) is 23.2 Å². The van der Waals surface area contributed by atoms with Crippen LogP contribution in [0.2, 0.25) is 0 Å². The maximum atomic E-state index is 12.5. The van der Waals surface area contributed by atoms with Crippen LogP contribution in [0.5, 0.6) is 0 Å². The number of nitriles is 1. The Morgan fingerprint density at radius 3 is 2.60 bits per heavy atom. The van der Waals surface area contributed by atoms with Crippen LogP contribution in [0.15, 0.2) is 40.8 Å². The third kappa shape index (κ3) is 4.23. The molecule has 0 atom stereocenters. The van der Waals surface area contributed by atoms with Gasteiger partial charge in [-0.25, -0.2) is 4.98 Å². The van der Waals surface area contributed by atoms with Crippen LogP contribution in [0.1, 0.15) is 73.4 Å². The second-order valence-electron chi connectivity index (χ2n) is 8.49. The van der Waals surface area contributed by atoms with Crippen LogP contribution in [0.4, 0.5) is 0 Å². The van der Waals surface area contributed by atoms with Gasteiger partial charge in [-0.1, -0.05) is 33.1 Å². The highest BCUT2D eigenvalue weighted by Gasteiger charge is 2.17. The van der Waals surface area contributed by atoms with Crippen molar-refractivity contribution in [1.29, 1.82) is 5.26 Å². The number of benzene rings is 2. The monoisotopic (exact) mass is 401 g/mol. The molecule has 3 aromatic rings. The fraction of sp³-hybridized carbons (Fsp3) is 0.400. The summed E-state index contributed by atoms with van der Waals surface area (Å²) >= 11 is 0. The first-order valence-corrected chi connectivity index (χ1v) is 10.8. The first kappa shape index (κ1) is 20.2. The summed E-state index contributed by atoms with van der Waals surface area (Å²) in [6.45, 7) is 4.89. The topological polar surface area (TPSA) is 78.9 Å². The summed E-state index contributed by atoms with van der Waals surface area (Å²) < 4.78 is 6.05. The molecule has 0 spiro atoms. The Hall–Kier alpha value is -3.13. The predicted octanol–water partition coefficient (Wildman–Crippen LogP) is 5.80. The van der Waals surface area contributed by atoms with Gasteiger partial charge in [-0.05, 0) is 61.1 Å². The zero-order chi connectivity index (χ0) is 21.1. The summed E-state index contributed by atoms with van der Waals surface area (Å²) in [4.78, 5) is 17.1. The number of aromatic nitrogens is 1. The molecule has 1 aliphatic rings. The SMILES string of the molecule is CC(C)c1cc(C#N)cc2nc(-c3ccc(C(=O)NCC4CCCCC4)cc3)oc12. The Morgan fingerprint density at radius 2 is 1.93 bits per heavy atom. The molecule has 0 bridgehead atoms. The fourth-order valence-electron chi connectivity index (χ4n) is 4.17. The fourth-order valence-corrected chi connectivity index (χ4v) is 4.17. The maximum Gasteiger partial charge on any atom is 0.251 e. The Labute approximate surface area is 177 Å². The number of hydrogen-bond donors (Lipinski definition) is 1. The van der Waals surface area contributed by atoms with Gasteiger partial charge in [0.1, 0.15) is 5.52 Å². The average molecular weight is 402 g/mol. The van der Waals surface area contributed by atoms with Crippen molar-refractivity contribution < 1.29 is 9.21 Å². The molecule has 0 radical (unpaired) electrons. The number of rotatable bonds is 5.